The van der Waals surface area contributed by atoms with E-state index in [0.717, 1.165) is 17.0 Å². The molecule has 0 saturated carbocycles. The first-order valence-corrected chi connectivity index (χ1v) is 7.08. The molecule has 0 atom stereocenters. The van der Waals surface area contributed by atoms with Crippen LogP contribution in [0.3, 0.4) is 0 Å². The molecule has 1 N–H and O–H groups in total. The van der Waals surface area contributed by atoms with Gasteiger partial charge in [-0.25, -0.2) is 4.98 Å². The Bertz CT molecular complexity index is 853. The molecule has 0 bridgehead atoms. The molecule has 1 amide bonds. The Morgan fingerprint density at radius 2 is 1.95 bits per heavy atom. The second-order valence-electron chi connectivity index (χ2n) is 5.29. The fourth-order valence-corrected chi connectivity index (χ4v) is 2.49. The van der Waals surface area contributed by atoms with Crippen molar-refractivity contribution in [1.82, 2.24) is 24.9 Å². The first-order valence-electron chi connectivity index (χ1n) is 7.08. The molecule has 6 heteroatoms. The summed E-state index contributed by atoms with van der Waals surface area (Å²) in [6, 6.07) is 9.45. The number of rotatable bonds is 3. The van der Waals surface area contributed by atoms with E-state index in [1.54, 1.807) is 0 Å². The molecule has 0 aliphatic carbocycles. The van der Waals surface area contributed by atoms with Crippen LogP contribution in [0.1, 0.15) is 33.1 Å². The molecular weight excluding hydrogens is 278 g/mol. The van der Waals surface area contributed by atoms with Gasteiger partial charge < -0.3 is 5.32 Å². The van der Waals surface area contributed by atoms with E-state index in [1.807, 2.05) is 55.5 Å². The van der Waals surface area contributed by atoms with Crippen molar-refractivity contribution < 1.29 is 4.79 Å². The lowest BCUT2D eigenvalue weighted by molar-refractivity contribution is 0.0949. The lowest BCUT2D eigenvalue weighted by atomic mass is 10.1. The molecule has 1 aromatic carbocycles. The molecular formula is C16H17N5O. The van der Waals surface area contributed by atoms with Crippen LogP contribution < -0.4 is 5.32 Å². The lowest BCUT2D eigenvalue weighted by Gasteiger charge is -2.08. The van der Waals surface area contributed by atoms with Crippen molar-refractivity contribution in [3.05, 3.63) is 58.7 Å². The van der Waals surface area contributed by atoms with Crippen LogP contribution in [-0.2, 0) is 6.54 Å². The topological polar surface area (TPSA) is 72.2 Å². The number of amides is 1. The zero-order chi connectivity index (χ0) is 15.7. The minimum absolute atomic E-state index is 0.118. The van der Waals surface area contributed by atoms with E-state index in [0.29, 0.717) is 23.7 Å². The van der Waals surface area contributed by atoms with Gasteiger partial charge >= 0.3 is 0 Å². The second kappa shape index (κ2) is 5.55. The van der Waals surface area contributed by atoms with E-state index < -0.39 is 0 Å². The zero-order valence-corrected chi connectivity index (χ0v) is 12.8. The van der Waals surface area contributed by atoms with Crippen LogP contribution in [0, 0.1) is 20.8 Å². The monoisotopic (exact) mass is 295 g/mol. The van der Waals surface area contributed by atoms with Crippen LogP contribution in [0.4, 0.5) is 0 Å². The number of hydrogen-bond acceptors (Lipinski definition) is 4. The number of nitrogens with zero attached hydrogens (tertiary/aromatic N) is 4. The number of nitrogens with one attached hydrogen (secondary N) is 1. The average molecular weight is 295 g/mol. The fraction of sp³-hybridized carbons (Fsp3) is 0.250. The fourth-order valence-electron chi connectivity index (χ4n) is 2.49. The van der Waals surface area contributed by atoms with E-state index in [9.17, 15) is 4.79 Å². The van der Waals surface area contributed by atoms with Crippen molar-refractivity contribution in [2.75, 3.05) is 0 Å². The molecule has 3 rings (SSSR count). The third kappa shape index (κ3) is 2.55. The van der Waals surface area contributed by atoms with E-state index >= 15 is 0 Å². The first-order chi connectivity index (χ1) is 10.6. The molecule has 22 heavy (non-hydrogen) atoms. The summed E-state index contributed by atoms with van der Waals surface area (Å²) in [4.78, 5) is 16.6. The van der Waals surface area contributed by atoms with Crippen LogP contribution in [0.2, 0.25) is 0 Å². The molecule has 112 valence electrons. The molecule has 0 fully saturated rings. The first kappa shape index (κ1) is 14.2. The van der Waals surface area contributed by atoms with E-state index in [2.05, 4.69) is 20.5 Å². The van der Waals surface area contributed by atoms with Gasteiger partial charge in [-0.3, -0.25) is 9.20 Å². The normalized spacial score (nSPS) is 10.9. The highest BCUT2D eigenvalue weighted by molar-refractivity contribution is 5.95. The summed E-state index contributed by atoms with van der Waals surface area (Å²) < 4.78 is 1.85. The van der Waals surface area contributed by atoms with Crippen molar-refractivity contribution in [3.63, 3.8) is 0 Å². The summed E-state index contributed by atoms with van der Waals surface area (Å²) >= 11 is 0. The van der Waals surface area contributed by atoms with Gasteiger partial charge in [0, 0.05) is 17.0 Å². The number of aryl methyl sites for hydroxylation is 3. The van der Waals surface area contributed by atoms with Crippen LogP contribution in [0.5, 0.6) is 0 Å². The van der Waals surface area contributed by atoms with E-state index in [1.165, 1.54) is 0 Å². The third-order valence-corrected chi connectivity index (χ3v) is 3.56. The number of carbonyl (C=O) groups excluding carboxylic acids is 1. The molecule has 3 aromatic rings. The van der Waals surface area contributed by atoms with Crippen LogP contribution >= 0.6 is 0 Å². The van der Waals surface area contributed by atoms with Gasteiger partial charge in [0.05, 0.1) is 6.54 Å². The predicted octanol–water partition coefficient (Wildman–Crippen LogP) is 1.98. The van der Waals surface area contributed by atoms with Gasteiger partial charge in [0.1, 0.15) is 0 Å². The van der Waals surface area contributed by atoms with E-state index in [-0.39, 0.29) is 5.91 Å². The maximum Gasteiger partial charge on any atom is 0.255 e. The van der Waals surface area contributed by atoms with Gasteiger partial charge in [-0.15, -0.1) is 10.2 Å². The largest absolute Gasteiger partial charge is 0.345 e. The van der Waals surface area contributed by atoms with Crippen molar-refractivity contribution >= 4 is 11.7 Å². The molecule has 2 aromatic heterocycles. The van der Waals surface area contributed by atoms with Crippen LogP contribution in [0.25, 0.3) is 5.78 Å². The standard InChI is InChI=1S/C16H17N5O/c1-10-6-4-5-7-13(10)15(22)17-9-14-19-20-16-18-11(2)8-12(3)21(14)16/h4-8H,9H2,1-3H3,(H,17,22). The van der Waals surface area contributed by atoms with Crippen molar-refractivity contribution in [2.24, 2.45) is 0 Å². The summed E-state index contributed by atoms with van der Waals surface area (Å²) in [7, 11) is 0. The summed E-state index contributed by atoms with van der Waals surface area (Å²) in [6.07, 6.45) is 0. The second-order valence-corrected chi connectivity index (χ2v) is 5.29. The number of carbonyl (C=O) groups is 1. The Hall–Kier alpha value is -2.76. The van der Waals surface area contributed by atoms with Gasteiger partial charge in [0.2, 0.25) is 0 Å². The zero-order valence-electron chi connectivity index (χ0n) is 12.8. The average Bonchev–Trinajstić information content (AvgIpc) is 2.88. The number of benzene rings is 1. The Morgan fingerprint density at radius 3 is 2.73 bits per heavy atom. The molecule has 0 aliphatic heterocycles. The van der Waals surface area contributed by atoms with Gasteiger partial charge in [0.15, 0.2) is 5.82 Å². The summed E-state index contributed by atoms with van der Waals surface area (Å²) in [5.41, 5.74) is 3.50. The molecule has 0 saturated heterocycles. The minimum atomic E-state index is -0.118. The summed E-state index contributed by atoms with van der Waals surface area (Å²) in [5.74, 6) is 1.10. The third-order valence-electron chi connectivity index (χ3n) is 3.56. The minimum Gasteiger partial charge on any atom is -0.345 e. The quantitative estimate of drug-likeness (QED) is 0.802. The van der Waals surface area contributed by atoms with Crippen molar-refractivity contribution in [1.29, 1.82) is 0 Å². The SMILES string of the molecule is Cc1cc(C)n2c(CNC(=O)c3ccccc3C)nnc2n1. The van der Waals surface area contributed by atoms with Crippen molar-refractivity contribution in [3.8, 4) is 0 Å². The Balaban J connectivity index is 1.83. The molecule has 2 heterocycles. The summed E-state index contributed by atoms with van der Waals surface area (Å²) in [6.45, 7) is 6.11. The van der Waals surface area contributed by atoms with Gasteiger partial charge in [-0.05, 0) is 38.5 Å². The summed E-state index contributed by atoms with van der Waals surface area (Å²) in [5, 5.41) is 11.1. The molecule has 0 radical (unpaired) electrons. The predicted molar refractivity (Wildman–Crippen MR) is 82.6 cm³/mol. The maximum absolute atomic E-state index is 12.3. The van der Waals surface area contributed by atoms with Gasteiger partial charge in [0.25, 0.3) is 11.7 Å². The highest BCUT2D eigenvalue weighted by Gasteiger charge is 2.12. The molecule has 0 unspecified atom stereocenters. The molecule has 0 spiro atoms. The lowest BCUT2D eigenvalue weighted by Crippen LogP contribution is -2.25. The van der Waals surface area contributed by atoms with E-state index in [4.69, 9.17) is 0 Å². The maximum atomic E-state index is 12.3. The Kier molecular flexibility index (Phi) is 3.58. The highest BCUT2D eigenvalue weighted by atomic mass is 16.1. The Labute approximate surface area is 128 Å². The molecule has 0 aliphatic rings. The van der Waals surface area contributed by atoms with Crippen LogP contribution in [0.15, 0.2) is 30.3 Å². The number of hydrogen-bond donors (Lipinski definition) is 1. The van der Waals surface area contributed by atoms with Gasteiger partial charge in [-0.2, -0.15) is 0 Å². The number of fused-ring (bicyclic) bond motifs is 1. The van der Waals surface area contributed by atoms with Gasteiger partial charge in [-0.1, -0.05) is 18.2 Å². The van der Waals surface area contributed by atoms with Crippen LogP contribution in [-0.4, -0.2) is 25.5 Å². The molecule has 6 nitrogen and oxygen atoms in total. The smallest absolute Gasteiger partial charge is 0.255 e. The number of aromatic nitrogens is 4. The van der Waals surface area contributed by atoms with Crippen molar-refractivity contribution in [2.45, 2.75) is 27.3 Å². The Morgan fingerprint density at radius 1 is 1.18 bits per heavy atom. The highest BCUT2D eigenvalue weighted by Crippen LogP contribution is 2.09.